The molecule has 0 spiro atoms. The number of ether oxygens (including phenoxy) is 1. The molecule has 0 aliphatic heterocycles. The summed E-state index contributed by atoms with van der Waals surface area (Å²) in [5.41, 5.74) is 2.68. The van der Waals surface area contributed by atoms with E-state index in [0.29, 0.717) is 17.9 Å². The van der Waals surface area contributed by atoms with Gasteiger partial charge in [-0.1, -0.05) is 26.0 Å². The summed E-state index contributed by atoms with van der Waals surface area (Å²) in [5.74, 6) is 1.94. The Morgan fingerprint density at radius 3 is 2.33 bits per heavy atom. The monoisotopic (exact) mass is 382 g/mol. The first-order valence-electron chi connectivity index (χ1n) is 9.71. The van der Waals surface area contributed by atoms with Gasteiger partial charge in [0.15, 0.2) is 0 Å². The third kappa shape index (κ3) is 5.01. The molecule has 144 valence electrons. The number of nitrogens with zero attached hydrogens (tertiary/aromatic N) is 2. The van der Waals surface area contributed by atoms with E-state index < -0.39 is 0 Å². The van der Waals surface area contributed by atoms with Gasteiger partial charge in [0.2, 0.25) is 0 Å². The Morgan fingerprint density at radius 1 is 0.963 bits per heavy atom. The van der Waals surface area contributed by atoms with Crippen molar-refractivity contribution in [3.63, 3.8) is 0 Å². The average Bonchev–Trinajstić information content (AvgIpc) is 3.31. The van der Waals surface area contributed by atoms with E-state index in [1.54, 1.807) is 7.11 Å². The van der Waals surface area contributed by atoms with Crippen LogP contribution in [0.15, 0.2) is 48.8 Å². The van der Waals surface area contributed by atoms with Crippen molar-refractivity contribution in [3.05, 3.63) is 69.7 Å². The minimum atomic E-state index is 0.418. The van der Waals surface area contributed by atoms with Gasteiger partial charge in [0.1, 0.15) is 5.75 Å². The fourth-order valence-corrected chi connectivity index (χ4v) is 4.53. The lowest BCUT2D eigenvalue weighted by Gasteiger charge is -2.11. The molecule has 1 aromatic carbocycles. The molecule has 2 aromatic heterocycles. The van der Waals surface area contributed by atoms with Crippen molar-refractivity contribution in [2.24, 2.45) is 0 Å². The summed E-state index contributed by atoms with van der Waals surface area (Å²) in [6.07, 6.45) is 6.31. The lowest BCUT2D eigenvalue weighted by atomic mass is 9.97. The number of thiophene rings is 1. The Bertz CT molecular complexity index is 847. The van der Waals surface area contributed by atoms with Crippen molar-refractivity contribution < 1.29 is 4.74 Å². The first-order valence-corrected chi connectivity index (χ1v) is 10.5. The molecule has 3 aromatic rings. The van der Waals surface area contributed by atoms with Crippen molar-refractivity contribution in [2.45, 2.75) is 58.4 Å². The summed E-state index contributed by atoms with van der Waals surface area (Å²) in [4.78, 5) is 2.92. The van der Waals surface area contributed by atoms with Gasteiger partial charge in [-0.3, -0.25) is 4.68 Å². The molecule has 2 heterocycles. The smallest absolute Gasteiger partial charge is 0.118 e. The third-order valence-electron chi connectivity index (χ3n) is 5.09. The average molecular weight is 383 g/mol. The maximum atomic E-state index is 5.26. The van der Waals surface area contributed by atoms with E-state index in [1.165, 1.54) is 20.9 Å². The maximum absolute atomic E-state index is 5.26. The van der Waals surface area contributed by atoms with E-state index in [9.17, 15) is 0 Å². The Morgan fingerprint density at radius 2 is 1.70 bits per heavy atom. The van der Waals surface area contributed by atoms with Gasteiger partial charge in [-0.15, -0.1) is 11.3 Å². The quantitative estimate of drug-likeness (QED) is 0.462. The van der Waals surface area contributed by atoms with E-state index >= 15 is 0 Å². The zero-order chi connectivity index (χ0) is 19.4. The van der Waals surface area contributed by atoms with E-state index in [2.05, 4.69) is 63.3 Å². The minimum Gasteiger partial charge on any atom is -0.497 e. The summed E-state index contributed by atoms with van der Waals surface area (Å²) in [6.45, 7) is 8.94. The highest BCUT2D eigenvalue weighted by Crippen LogP contribution is 2.31. The van der Waals surface area contributed by atoms with Crippen molar-refractivity contribution in [3.8, 4) is 5.75 Å². The maximum Gasteiger partial charge on any atom is 0.118 e. The highest BCUT2D eigenvalue weighted by atomic mass is 32.1. The summed E-state index contributed by atoms with van der Waals surface area (Å²) >= 11 is 1.95. The largest absolute Gasteiger partial charge is 0.497 e. The minimum absolute atomic E-state index is 0.418. The van der Waals surface area contributed by atoms with Gasteiger partial charge in [0.05, 0.1) is 13.3 Å². The highest BCUT2D eigenvalue weighted by Gasteiger charge is 2.14. The molecule has 3 nitrogen and oxygen atoms in total. The van der Waals surface area contributed by atoms with E-state index in [-0.39, 0.29) is 0 Å². The molecule has 0 saturated heterocycles. The molecular weight excluding hydrogens is 352 g/mol. The van der Waals surface area contributed by atoms with Crippen LogP contribution >= 0.6 is 11.3 Å². The highest BCUT2D eigenvalue weighted by molar-refractivity contribution is 7.12. The molecule has 0 aliphatic rings. The topological polar surface area (TPSA) is 27.1 Å². The van der Waals surface area contributed by atoms with Crippen LogP contribution in [0.3, 0.4) is 0 Å². The molecule has 0 saturated carbocycles. The van der Waals surface area contributed by atoms with Gasteiger partial charge in [-0.05, 0) is 73.9 Å². The summed E-state index contributed by atoms with van der Waals surface area (Å²) in [6, 6.07) is 13.5. The second kappa shape index (κ2) is 8.75. The second-order valence-corrected chi connectivity index (χ2v) is 8.91. The lowest BCUT2D eigenvalue weighted by Crippen LogP contribution is -2.00. The first kappa shape index (κ1) is 19.7. The van der Waals surface area contributed by atoms with Gasteiger partial charge >= 0.3 is 0 Å². The van der Waals surface area contributed by atoms with E-state index in [0.717, 1.165) is 18.6 Å². The zero-order valence-electron chi connectivity index (χ0n) is 17.0. The van der Waals surface area contributed by atoms with Crippen LogP contribution in [0.5, 0.6) is 5.75 Å². The van der Waals surface area contributed by atoms with Crippen molar-refractivity contribution >= 4 is 11.3 Å². The number of aromatic nitrogens is 2. The molecule has 0 radical (unpaired) electrons. The molecule has 2 atom stereocenters. The molecular formula is C23H30N2OS. The van der Waals surface area contributed by atoms with Crippen molar-refractivity contribution in [1.82, 2.24) is 9.78 Å². The van der Waals surface area contributed by atoms with Crippen LogP contribution in [0.1, 0.15) is 66.5 Å². The second-order valence-electron chi connectivity index (χ2n) is 7.71. The Balaban J connectivity index is 1.61. The van der Waals surface area contributed by atoms with Crippen LogP contribution in [0, 0.1) is 0 Å². The number of rotatable bonds is 8. The van der Waals surface area contributed by atoms with Crippen LogP contribution in [0.2, 0.25) is 0 Å². The number of methoxy groups -OCH3 is 1. The SMILES string of the molecule is COc1ccc(C(C)Cc2ccc(C(C)Cc3cnn(C(C)C)c3)s2)cc1. The standard InChI is InChI=1S/C23H30N2OS/c1-16(2)25-15-19(14-24-25)12-18(4)23-11-10-22(27-23)13-17(3)20-6-8-21(26-5)9-7-20/h6-11,14-18H,12-13H2,1-5H3. The van der Waals surface area contributed by atoms with Crippen LogP contribution in [-0.4, -0.2) is 16.9 Å². The van der Waals surface area contributed by atoms with E-state index in [4.69, 9.17) is 4.74 Å². The first-order chi connectivity index (χ1) is 13.0. The van der Waals surface area contributed by atoms with Gasteiger partial charge in [-0.25, -0.2) is 0 Å². The number of hydrogen-bond donors (Lipinski definition) is 0. The fourth-order valence-electron chi connectivity index (χ4n) is 3.34. The lowest BCUT2D eigenvalue weighted by molar-refractivity contribution is 0.414. The summed E-state index contributed by atoms with van der Waals surface area (Å²) in [7, 11) is 1.71. The molecule has 2 unspecified atom stereocenters. The predicted molar refractivity (Wildman–Crippen MR) is 114 cm³/mol. The molecule has 0 fully saturated rings. The zero-order valence-corrected chi connectivity index (χ0v) is 17.8. The van der Waals surface area contributed by atoms with Crippen LogP contribution in [0.4, 0.5) is 0 Å². The summed E-state index contributed by atoms with van der Waals surface area (Å²) < 4.78 is 7.30. The van der Waals surface area contributed by atoms with Gasteiger partial charge in [0.25, 0.3) is 0 Å². The molecule has 3 rings (SSSR count). The van der Waals surface area contributed by atoms with Gasteiger partial charge < -0.3 is 4.74 Å². The Kier molecular flexibility index (Phi) is 6.38. The molecule has 27 heavy (non-hydrogen) atoms. The fraction of sp³-hybridized carbons (Fsp3) is 0.435. The Labute approximate surface area is 167 Å². The van der Waals surface area contributed by atoms with Crippen molar-refractivity contribution in [2.75, 3.05) is 7.11 Å². The molecule has 0 N–H and O–H groups in total. The normalized spacial score (nSPS) is 13.7. The van der Waals surface area contributed by atoms with Crippen LogP contribution in [-0.2, 0) is 12.8 Å². The van der Waals surface area contributed by atoms with Gasteiger partial charge in [-0.2, -0.15) is 5.10 Å². The third-order valence-corrected chi connectivity index (χ3v) is 6.43. The predicted octanol–water partition coefficient (Wildman–Crippen LogP) is 6.23. The number of benzene rings is 1. The summed E-state index contributed by atoms with van der Waals surface area (Å²) in [5, 5.41) is 4.46. The van der Waals surface area contributed by atoms with E-state index in [1.807, 2.05) is 34.3 Å². The van der Waals surface area contributed by atoms with Gasteiger partial charge in [0, 0.05) is 22.0 Å². The molecule has 4 heteroatoms. The van der Waals surface area contributed by atoms with Crippen LogP contribution in [0.25, 0.3) is 0 Å². The number of hydrogen-bond acceptors (Lipinski definition) is 3. The Hall–Kier alpha value is -2.07. The molecule has 0 amide bonds. The van der Waals surface area contributed by atoms with Crippen LogP contribution < -0.4 is 4.74 Å². The van der Waals surface area contributed by atoms with Crippen molar-refractivity contribution in [1.29, 1.82) is 0 Å². The molecule has 0 aliphatic carbocycles. The molecule has 0 bridgehead atoms.